The number of rotatable bonds is 5. The van der Waals surface area contributed by atoms with Crippen LogP contribution in [0.1, 0.15) is 58.0 Å². The van der Waals surface area contributed by atoms with Crippen LogP contribution in [-0.4, -0.2) is 34.9 Å². The Labute approximate surface area is 172 Å². The summed E-state index contributed by atoms with van der Waals surface area (Å²) in [5.74, 6) is -0.576. The van der Waals surface area contributed by atoms with Gasteiger partial charge in [-0.05, 0) is 31.0 Å². The standard InChI is InChI=1S/C19H20Cl2N2O3S/c1-26-19(25)16-11-27-17(22-16)10-23(13-5-3-2-4-6-13)18(24)12-7-8-14(20)15(21)9-12/h7-9,11,13H,2-6,10H2,1H3. The van der Waals surface area contributed by atoms with Gasteiger partial charge in [0.05, 0.1) is 23.7 Å². The number of thiazole rings is 1. The number of benzene rings is 1. The third-order valence-corrected chi connectivity index (χ3v) is 6.27. The van der Waals surface area contributed by atoms with E-state index in [1.165, 1.54) is 24.9 Å². The maximum absolute atomic E-state index is 13.2. The van der Waals surface area contributed by atoms with E-state index >= 15 is 0 Å². The third kappa shape index (κ3) is 4.81. The molecule has 0 spiro atoms. The van der Waals surface area contributed by atoms with Crippen molar-refractivity contribution < 1.29 is 14.3 Å². The van der Waals surface area contributed by atoms with Crippen molar-refractivity contribution in [2.45, 2.75) is 44.7 Å². The maximum Gasteiger partial charge on any atom is 0.357 e. The predicted octanol–water partition coefficient (Wildman–Crippen LogP) is 5.21. The zero-order chi connectivity index (χ0) is 19.4. The van der Waals surface area contributed by atoms with Gasteiger partial charge in [0.25, 0.3) is 5.91 Å². The van der Waals surface area contributed by atoms with E-state index in [1.807, 2.05) is 4.90 Å². The monoisotopic (exact) mass is 426 g/mol. The van der Waals surface area contributed by atoms with Gasteiger partial charge in [0, 0.05) is 17.0 Å². The molecule has 2 aromatic rings. The summed E-state index contributed by atoms with van der Waals surface area (Å²) in [5.41, 5.74) is 0.766. The third-order valence-electron chi connectivity index (χ3n) is 4.69. The molecule has 0 unspecified atom stereocenters. The Morgan fingerprint density at radius 2 is 1.96 bits per heavy atom. The van der Waals surface area contributed by atoms with E-state index in [-0.39, 0.29) is 17.6 Å². The van der Waals surface area contributed by atoms with Crippen LogP contribution in [0.5, 0.6) is 0 Å². The van der Waals surface area contributed by atoms with Crippen molar-refractivity contribution in [3.05, 3.63) is 49.9 Å². The molecule has 1 aromatic carbocycles. The summed E-state index contributed by atoms with van der Waals surface area (Å²) >= 11 is 13.4. The van der Waals surface area contributed by atoms with Gasteiger partial charge in [0.15, 0.2) is 5.69 Å². The highest BCUT2D eigenvalue weighted by atomic mass is 35.5. The Kier molecular flexibility index (Phi) is 6.73. The summed E-state index contributed by atoms with van der Waals surface area (Å²) in [7, 11) is 1.32. The lowest BCUT2D eigenvalue weighted by atomic mass is 9.93. The second kappa shape index (κ2) is 9.04. The van der Waals surface area contributed by atoms with Crippen molar-refractivity contribution in [1.29, 1.82) is 0 Å². The van der Waals surface area contributed by atoms with Crippen LogP contribution in [-0.2, 0) is 11.3 Å². The second-order valence-corrected chi connectivity index (χ2v) is 8.23. The first-order valence-corrected chi connectivity index (χ1v) is 10.4. The summed E-state index contributed by atoms with van der Waals surface area (Å²) in [6, 6.07) is 5.07. The number of esters is 1. The molecule has 1 aromatic heterocycles. The minimum absolute atomic E-state index is 0.102. The van der Waals surface area contributed by atoms with E-state index < -0.39 is 5.97 Å². The average molecular weight is 427 g/mol. The van der Waals surface area contributed by atoms with Crippen LogP contribution in [0.3, 0.4) is 0 Å². The molecule has 1 saturated carbocycles. The van der Waals surface area contributed by atoms with Crippen molar-refractivity contribution in [1.82, 2.24) is 9.88 Å². The summed E-state index contributed by atoms with van der Waals surface area (Å²) in [4.78, 5) is 31.0. The Morgan fingerprint density at radius 3 is 2.63 bits per heavy atom. The molecule has 1 fully saturated rings. The number of carbonyl (C=O) groups excluding carboxylic acids is 2. The summed E-state index contributed by atoms with van der Waals surface area (Å²) in [5, 5.41) is 3.13. The van der Waals surface area contributed by atoms with Crippen LogP contribution in [0, 0.1) is 0 Å². The number of hydrogen-bond acceptors (Lipinski definition) is 5. The number of hydrogen-bond donors (Lipinski definition) is 0. The number of carbonyl (C=O) groups is 2. The smallest absolute Gasteiger partial charge is 0.357 e. The van der Waals surface area contributed by atoms with Gasteiger partial charge < -0.3 is 9.64 Å². The van der Waals surface area contributed by atoms with E-state index in [9.17, 15) is 9.59 Å². The van der Waals surface area contributed by atoms with Crippen LogP contribution < -0.4 is 0 Å². The highest BCUT2D eigenvalue weighted by molar-refractivity contribution is 7.09. The topological polar surface area (TPSA) is 59.5 Å². The fourth-order valence-electron chi connectivity index (χ4n) is 3.28. The first kappa shape index (κ1) is 20.1. The molecule has 144 valence electrons. The first-order chi connectivity index (χ1) is 13.0. The summed E-state index contributed by atoms with van der Waals surface area (Å²) in [6.45, 7) is 0.353. The number of methoxy groups -OCH3 is 1. The predicted molar refractivity (Wildman–Crippen MR) is 107 cm³/mol. The van der Waals surface area contributed by atoms with Gasteiger partial charge in [-0.3, -0.25) is 4.79 Å². The normalized spacial score (nSPS) is 14.8. The van der Waals surface area contributed by atoms with Crippen molar-refractivity contribution in [2.24, 2.45) is 0 Å². The number of halogens is 2. The van der Waals surface area contributed by atoms with Crippen molar-refractivity contribution >= 4 is 46.4 Å². The van der Waals surface area contributed by atoms with Gasteiger partial charge in [0.1, 0.15) is 5.01 Å². The maximum atomic E-state index is 13.2. The number of nitrogens with zero attached hydrogens (tertiary/aromatic N) is 2. The largest absolute Gasteiger partial charge is 0.464 e. The van der Waals surface area contributed by atoms with Crippen LogP contribution in [0.2, 0.25) is 10.0 Å². The van der Waals surface area contributed by atoms with Gasteiger partial charge >= 0.3 is 5.97 Å². The molecule has 0 radical (unpaired) electrons. The van der Waals surface area contributed by atoms with Gasteiger partial charge in [0.2, 0.25) is 0 Å². The molecule has 0 atom stereocenters. The van der Waals surface area contributed by atoms with Gasteiger partial charge in [-0.1, -0.05) is 42.5 Å². The van der Waals surface area contributed by atoms with E-state index in [2.05, 4.69) is 4.98 Å². The zero-order valence-electron chi connectivity index (χ0n) is 14.9. The van der Waals surface area contributed by atoms with Gasteiger partial charge in [-0.15, -0.1) is 11.3 Å². The van der Waals surface area contributed by atoms with Crippen LogP contribution in [0.15, 0.2) is 23.6 Å². The number of ether oxygens (including phenoxy) is 1. The van der Waals surface area contributed by atoms with Crippen LogP contribution >= 0.6 is 34.5 Å². The molecule has 5 nitrogen and oxygen atoms in total. The van der Waals surface area contributed by atoms with E-state index in [0.29, 0.717) is 27.2 Å². The number of amides is 1. The van der Waals surface area contributed by atoms with Gasteiger partial charge in [-0.25, -0.2) is 9.78 Å². The Bertz CT molecular complexity index is 834. The Hall–Kier alpha value is -1.63. The molecule has 8 heteroatoms. The molecule has 0 bridgehead atoms. The van der Waals surface area contributed by atoms with Crippen molar-refractivity contribution in [2.75, 3.05) is 7.11 Å². The lowest BCUT2D eigenvalue weighted by Gasteiger charge is -2.34. The quantitative estimate of drug-likeness (QED) is 0.615. The molecular formula is C19H20Cl2N2O3S. The molecule has 1 heterocycles. The molecule has 1 aliphatic rings. The van der Waals surface area contributed by atoms with Gasteiger partial charge in [-0.2, -0.15) is 0 Å². The molecule has 27 heavy (non-hydrogen) atoms. The highest BCUT2D eigenvalue weighted by Gasteiger charge is 2.28. The Morgan fingerprint density at radius 1 is 1.22 bits per heavy atom. The van der Waals surface area contributed by atoms with Crippen LogP contribution in [0.25, 0.3) is 0 Å². The molecule has 3 rings (SSSR count). The zero-order valence-corrected chi connectivity index (χ0v) is 17.2. The second-order valence-electron chi connectivity index (χ2n) is 6.47. The summed E-state index contributed by atoms with van der Waals surface area (Å²) in [6.07, 6.45) is 5.31. The minimum atomic E-state index is -0.475. The SMILES string of the molecule is COC(=O)c1csc(CN(C(=O)c2ccc(Cl)c(Cl)c2)C2CCCCC2)n1. The van der Waals surface area contributed by atoms with Crippen LogP contribution in [0.4, 0.5) is 0 Å². The lowest BCUT2D eigenvalue weighted by Crippen LogP contribution is -2.41. The molecule has 1 amide bonds. The molecule has 0 aliphatic heterocycles. The minimum Gasteiger partial charge on any atom is -0.464 e. The number of aromatic nitrogens is 1. The average Bonchev–Trinajstić information content (AvgIpc) is 3.16. The first-order valence-electron chi connectivity index (χ1n) is 8.78. The summed E-state index contributed by atoms with van der Waals surface area (Å²) < 4.78 is 4.71. The highest BCUT2D eigenvalue weighted by Crippen LogP contribution is 2.28. The van der Waals surface area contributed by atoms with Crippen molar-refractivity contribution in [3.63, 3.8) is 0 Å². The molecule has 1 aliphatic carbocycles. The fourth-order valence-corrected chi connectivity index (χ4v) is 4.34. The van der Waals surface area contributed by atoms with E-state index in [0.717, 1.165) is 25.7 Å². The molecule has 0 N–H and O–H groups in total. The van der Waals surface area contributed by atoms with E-state index in [4.69, 9.17) is 27.9 Å². The van der Waals surface area contributed by atoms with Crippen molar-refractivity contribution in [3.8, 4) is 0 Å². The lowest BCUT2D eigenvalue weighted by molar-refractivity contribution is 0.0594. The Balaban J connectivity index is 1.86. The molecule has 0 saturated heterocycles. The molecular weight excluding hydrogens is 407 g/mol. The fraction of sp³-hybridized carbons (Fsp3) is 0.421. The van der Waals surface area contributed by atoms with E-state index in [1.54, 1.807) is 23.6 Å².